The van der Waals surface area contributed by atoms with Gasteiger partial charge in [-0.1, -0.05) is 0 Å². The molecular weight excluding hydrogens is 292 g/mol. The first kappa shape index (κ1) is 15.7. The number of aromatic nitrogens is 2. The molecular formula is C13H20N4O3S. The van der Waals surface area contributed by atoms with Crippen molar-refractivity contribution in [2.24, 2.45) is 12.8 Å². The minimum Gasteiger partial charge on any atom is -0.465 e. The lowest BCUT2D eigenvalue weighted by atomic mass is 10.2. The second kappa shape index (κ2) is 6.00. The van der Waals surface area contributed by atoms with E-state index in [4.69, 9.17) is 10.2 Å². The molecule has 3 N–H and O–H groups in total. The summed E-state index contributed by atoms with van der Waals surface area (Å²) in [6.45, 7) is 3.73. The minimum absolute atomic E-state index is 0.125. The van der Waals surface area contributed by atoms with Crippen LogP contribution < -0.4 is 10.5 Å². The predicted molar refractivity (Wildman–Crippen MR) is 78.2 cm³/mol. The van der Waals surface area contributed by atoms with Crippen LogP contribution in [0.2, 0.25) is 0 Å². The highest BCUT2D eigenvalue weighted by Gasteiger charge is 2.25. The van der Waals surface area contributed by atoms with Crippen molar-refractivity contribution < 1.29 is 12.8 Å². The first-order valence-electron chi connectivity index (χ1n) is 6.62. The Hall–Kier alpha value is -1.64. The zero-order valence-electron chi connectivity index (χ0n) is 12.4. The van der Waals surface area contributed by atoms with Gasteiger partial charge in [0, 0.05) is 38.3 Å². The molecule has 2 heterocycles. The molecule has 0 unspecified atom stereocenters. The molecule has 0 aliphatic heterocycles. The number of nitrogens with one attached hydrogen (secondary N) is 1. The van der Waals surface area contributed by atoms with Crippen molar-refractivity contribution in [1.29, 1.82) is 0 Å². The van der Waals surface area contributed by atoms with Crippen molar-refractivity contribution >= 4 is 10.0 Å². The van der Waals surface area contributed by atoms with Gasteiger partial charge in [0.05, 0.1) is 5.69 Å². The van der Waals surface area contributed by atoms with E-state index in [0.717, 1.165) is 5.69 Å². The quantitative estimate of drug-likeness (QED) is 0.813. The standard InChI is InChI=1S/C13H20N4O3S/c1-9-12(8-14)13(10(2)20-9)21(18,19)15-6-4-11-5-7-17(3)16-11/h5,7,15H,4,6,8,14H2,1-3H3. The molecule has 0 bridgehead atoms. The van der Waals surface area contributed by atoms with Gasteiger partial charge in [0.2, 0.25) is 10.0 Å². The van der Waals surface area contributed by atoms with Crippen LogP contribution in [-0.4, -0.2) is 24.7 Å². The van der Waals surface area contributed by atoms with Crippen molar-refractivity contribution in [1.82, 2.24) is 14.5 Å². The fourth-order valence-corrected chi connectivity index (χ4v) is 3.77. The summed E-state index contributed by atoms with van der Waals surface area (Å²) in [5.74, 6) is 0.901. The van der Waals surface area contributed by atoms with Crippen molar-refractivity contribution in [2.45, 2.75) is 31.7 Å². The van der Waals surface area contributed by atoms with Crippen LogP contribution in [0.5, 0.6) is 0 Å². The van der Waals surface area contributed by atoms with Gasteiger partial charge in [-0.2, -0.15) is 5.10 Å². The molecule has 0 atom stereocenters. The van der Waals surface area contributed by atoms with Gasteiger partial charge in [-0.25, -0.2) is 13.1 Å². The second-order valence-corrected chi connectivity index (χ2v) is 6.56. The largest absolute Gasteiger partial charge is 0.465 e. The number of furan rings is 1. The Balaban J connectivity index is 2.12. The van der Waals surface area contributed by atoms with Gasteiger partial charge < -0.3 is 10.2 Å². The van der Waals surface area contributed by atoms with E-state index >= 15 is 0 Å². The van der Waals surface area contributed by atoms with E-state index in [9.17, 15) is 8.42 Å². The van der Waals surface area contributed by atoms with Crippen molar-refractivity contribution in [3.05, 3.63) is 35.0 Å². The number of nitrogens with two attached hydrogens (primary N) is 1. The fourth-order valence-electron chi connectivity index (χ4n) is 2.28. The number of hydrogen-bond donors (Lipinski definition) is 2. The molecule has 0 aromatic carbocycles. The molecule has 0 saturated heterocycles. The van der Waals surface area contributed by atoms with E-state index in [1.54, 1.807) is 18.5 Å². The van der Waals surface area contributed by atoms with Crippen molar-refractivity contribution in [2.75, 3.05) is 6.54 Å². The van der Waals surface area contributed by atoms with Crippen LogP contribution in [-0.2, 0) is 30.0 Å². The monoisotopic (exact) mass is 312 g/mol. The topological polar surface area (TPSA) is 103 Å². The summed E-state index contributed by atoms with van der Waals surface area (Å²) in [6, 6.07) is 1.85. The van der Waals surface area contributed by atoms with Gasteiger partial charge in [0.1, 0.15) is 16.4 Å². The van der Waals surface area contributed by atoms with Crippen LogP contribution >= 0.6 is 0 Å². The molecule has 2 rings (SSSR count). The predicted octanol–water partition coefficient (Wildman–Crippen LogP) is 0.610. The third kappa shape index (κ3) is 3.34. The van der Waals surface area contributed by atoms with Crippen molar-refractivity contribution in [3.8, 4) is 0 Å². The minimum atomic E-state index is -3.63. The molecule has 21 heavy (non-hydrogen) atoms. The van der Waals surface area contributed by atoms with Crippen LogP contribution in [0.25, 0.3) is 0 Å². The molecule has 2 aromatic rings. The summed E-state index contributed by atoms with van der Waals surface area (Å²) in [4.78, 5) is 0.156. The average Bonchev–Trinajstić information content (AvgIpc) is 2.92. The summed E-state index contributed by atoms with van der Waals surface area (Å²) >= 11 is 0. The SMILES string of the molecule is Cc1oc(C)c(S(=O)(=O)NCCc2ccn(C)n2)c1CN. The maximum absolute atomic E-state index is 12.4. The normalized spacial score (nSPS) is 12.0. The molecule has 0 aliphatic carbocycles. The Labute approximate surface area is 124 Å². The first-order chi connectivity index (χ1) is 9.85. The van der Waals surface area contributed by atoms with E-state index in [0.29, 0.717) is 23.5 Å². The molecule has 2 aromatic heterocycles. The molecule has 0 aliphatic rings. The third-order valence-electron chi connectivity index (χ3n) is 3.24. The molecule has 0 amide bonds. The highest BCUT2D eigenvalue weighted by Crippen LogP contribution is 2.25. The van der Waals surface area contributed by atoms with Gasteiger partial charge in [-0.3, -0.25) is 4.68 Å². The summed E-state index contributed by atoms with van der Waals surface area (Å²) in [5.41, 5.74) is 6.98. The zero-order chi connectivity index (χ0) is 15.6. The lowest BCUT2D eigenvalue weighted by molar-refractivity contribution is 0.494. The van der Waals surface area contributed by atoms with Crippen LogP contribution in [0.1, 0.15) is 22.8 Å². The maximum Gasteiger partial charge on any atom is 0.244 e. The highest BCUT2D eigenvalue weighted by molar-refractivity contribution is 7.89. The molecule has 116 valence electrons. The fraction of sp³-hybridized carbons (Fsp3) is 0.462. The summed E-state index contributed by atoms with van der Waals surface area (Å²) in [5, 5.41) is 4.20. The number of hydrogen-bond acceptors (Lipinski definition) is 5. The van der Waals surface area contributed by atoms with E-state index in [1.165, 1.54) is 0 Å². The first-order valence-corrected chi connectivity index (χ1v) is 8.10. The Kier molecular flexibility index (Phi) is 4.50. The number of rotatable bonds is 6. The highest BCUT2D eigenvalue weighted by atomic mass is 32.2. The maximum atomic E-state index is 12.4. The van der Waals surface area contributed by atoms with Crippen LogP contribution in [0.15, 0.2) is 21.6 Å². The van der Waals surface area contributed by atoms with E-state index in [-0.39, 0.29) is 18.0 Å². The second-order valence-electron chi connectivity index (χ2n) is 4.85. The Morgan fingerprint density at radius 3 is 2.67 bits per heavy atom. The Morgan fingerprint density at radius 1 is 1.38 bits per heavy atom. The van der Waals surface area contributed by atoms with Crippen LogP contribution in [0.3, 0.4) is 0 Å². The van der Waals surface area contributed by atoms with Crippen LogP contribution in [0.4, 0.5) is 0 Å². The van der Waals surface area contributed by atoms with Gasteiger partial charge in [0.15, 0.2) is 0 Å². The summed E-state index contributed by atoms with van der Waals surface area (Å²) in [7, 11) is -1.82. The van der Waals surface area contributed by atoms with Gasteiger partial charge in [-0.15, -0.1) is 0 Å². The average molecular weight is 312 g/mol. The van der Waals surface area contributed by atoms with E-state index < -0.39 is 10.0 Å². The third-order valence-corrected chi connectivity index (χ3v) is 4.90. The molecule has 7 nitrogen and oxygen atoms in total. The molecule has 0 spiro atoms. The lowest BCUT2D eigenvalue weighted by Crippen LogP contribution is -2.27. The molecule has 0 radical (unpaired) electrons. The van der Waals surface area contributed by atoms with Crippen LogP contribution in [0, 0.1) is 13.8 Å². The number of nitrogens with zero attached hydrogens (tertiary/aromatic N) is 2. The molecule has 8 heteroatoms. The van der Waals surface area contributed by atoms with Gasteiger partial charge in [-0.05, 0) is 19.9 Å². The summed E-state index contributed by atoms with van der Waals surface area (Å²) < 4.78 is 34.4. The zero-order valence-corrected chi connectivity index (χ0v) is 13.2. The molecule has 0 saturated carbocycles. The smallest absolute Gasteiger partial charge is 0.244 e. The number of sulfonamides is 1. The van der Waals surface area contributed by atoms with Gasteiger partial charge >= 0.3 is 0 Å². The Bertz CT molecular complexity index is 731. The summed E-state index contributed by atoms with van der Waals surface area (Å²) in [6.07, 6.45) is 2.34. The lowest BCUT2D eigenvalue weighted by Gasteiger charge is -2.07. The van der Waals surface area contributed by atoms with E-state index in [2.05, 4.69) is 9.82 Å². The van der Waals surface area contributed by atoms with E-state index in [1.807, 2.05) is 19.3 Å². The number of aryl methyl sites for hydroxylation is 3. The Morgan fingerprint density at radius 2 is 2.10 bits per heavy atom. The van der Waals surface area contributed by atoms with Gasteiger partial charge in [0.25, 0.3) is 0 Å². The van der Waals surface area contributed by atoms with Crippen molar-refractivity contribution in [3.63, 3.8) is 0 Å². The molecule has 0 fully saturated rings.